The molecule has 0 radical (unpaired) electrons. The number of rotatable bonds is 7. The normalized spacial score (nSPS) is 11.7. The highest BCUT2D eigenvalue weighted by molar-refractivity contribution is 5.91. The number of amides is 2. The Morgan fingerprint density at radius 1 is 1.25 bits per heavy atom. The van der Waals surface area contributed by atoms with Crippen LogP contribution in [0.15, 0.2) is 24.3 Å². The highest BCUT2D eigenvalue weighted by atomic mass is 16.5. The van der Waals surface area contributed by atoms with Gasteiger partial charge in [0.25, 0.3) is 0 Å². The summed E-state index contributed by atoms with van der Waals surface area (Å²) < 4.78 is 10.0. The Labute approximate surface area is 116 Å². The lowest BCUT2D eigenvalue weighted by molar-refractivity contribution is 0.0307. The zero-order valence-corrected chi connectivity index (χ0v) is 11.4. The summed E-state index contributed by atoms with van der Waals surface area (Å²) in [5.74, 6) is -1.01. The summed E-state index contributed by atoms with van der Waals surface area (Å²) in [6.07, 6.45) is -0.222. The highest BCUT2D eigenvalue weighted by Crippen LogP contribution is 2.09. The van der Waals surface area contributed by atoms with Gasteiger partial charge in [-0.25, -0.2) is 9.59 Å². The van der Waals surface area contributed by atoms with Gasteiger partial charge in [0.2, 0.25) is 0 Å². The summed E-state index contributed by atoms with van der Waals surface area (Å²) in [5.41, 5.74) is 0.670. The number of carbonyl (C=O) groups is 2. The number of carboxylic acids is 1. The fraction of sp³-hybridized carbons (Fsp3) is 0.385. The molecule has 0 heterocycles. The standard InChI is InChI=1S/C13H18N2O5/c1-19-8-11(20-2)7-14-13(18)15-10-5-3-9(4-6-10)12(16)17/h3-6,11H,7-8H2,1-2H3,(H,16,17)(H2,14,15,18). The van der Waals surface area contributed by atoms with Gasteiger partial charge in [-0.3, -0.25) is 0 Å². The molecule has 0 saturated carbocycles. The predicted molar refractivity (Wildman–Crippen MR) is 73.1 cm³/mol. The molecule has 0 saturated heterocycles. The Hall–Kier alpha value is -2.12. The maximum Gasteiger partial charge on any atom is 0.335 e. The number of carboxylic acid groups (broad SMARTS) is 1. The van der Waals surface area contributed by atoms with Gasteiger partial charge in [-0.15, -0.1) is 0 Å². The van der Waals surface area contributed by atoms with E-state index in [2.05, 4.69) is 10.6 Å². The van der Waals surface area contributed by atoms with Crippen molar-refractivity contribution in [3.05, 3.63) is 29.8 Å². The summed E-state index contributed by atoms with van der Waals surface area (Å²) in [4.78, 5) is 22.3. The fourth-order valence-corrected chi connectivity index (χ4v) is 1.47. The minimum atomic E-state index is -1.01. The van der Waals surface area contributed by atoms with Gasteiger partial charge in [0, 0.05) is 26.5 Å². The van der Waals surface area contributed by atoms with Gasteiger partial charge >= 0.3 is 12.0 Å². The molecule has 0 bridgehead atoms. The van der Waals surface area contributed by atoms with Crippen molar-refractivity contribution in [1.29, 1.82) is 0 Å². The van der Waals surface area contributed by atoms with E-state index < -0.39 is 12.0 Å². The maximum atomic E-state index is 11.6. The van der Waals surface area contributed by atoms with Crippen LogP contribution in [0.4, 0.5) is 10.5 Å². The molecule has 0 aliphatic rings. The molecule has 1 aromatic rings. The van der Waals surface area contributed by atoms with E-state index >= 15 is 0 Å². The summed E-state index contributed by atoms with van der Waals surface area (Å²) in [5, 5.41) is 14.0. The molecule has 0 aliphatic carbocycles. The predicted octanol–water partition coefficient (Wildman–Crippen LogP) is 1.17. The average molecular weight is 282 g/mol. The van der Waals surface area contributed by atoms with E-state index in [-0.39, 0.29) is 11.7 Å². The number of hydrogen-bond donors (Lipinski definition) is 3. The van der Waals surface area contributed by atoms with Crippen LogP contribution >= 0.6 is 0 Å². The van der Waals surface area contributed by atoms with Crippen LogP contribution in [0.5, 0.6) is 0 Å². The van der Waals surface area contributed by atoms with E-state index in [9.17, 15) is 9.59 Å². The maximum absolute atomic E-state index is 11.6. The number of urea groups is 1. The van der Waals surface area contributed by atoms with Crippen LogP contribution in [0, 0.1) is 0 Å². The van der Waals surface area contributed by atoms with Crippen LogP contribution < -0.4 is 10.6 Å². The van der Waals surface area contributed by atoms with E-state index in [0.29, 0.717) is 18.8 Å². The van der Waals surface area contributed by atoms with Crippen molar-refractivity contribution < 1.29 is 24.2 Å². The molecule has 0 aromatic heterocycles. The molecule has 0 aliphatic heterocycles. The second-order valence-electron chi connectivity index (χ2n) is 4.03. The molecular weight excluding hydrogens is 264 g/mol. The first-order chi connectivity index (χ1) is 9.56. The molecule has 7 heteroatoms. The van der Waals surface area contributed by atoms with E-state index in [1.165, 1.54) is 31.4 Å². The molecular formula is C13H18N2O5. The van der Waals surface area contributed by atoms with Gasteiger partial charge in [-0.05, 0) is 24.3 Å². The molecule has 1 aromatic carbocycles. The van der Waals surface area contributed by atoms with Crippen molar-refractivity contribution >= 4 is 17.7 Å². The van der Waals surface area contributed by atoms with Crippen molar-refractivity contribution in [3.63, 3.8) is 0 Å². The molecule has 3 N–H and O–H groups in total. The number of hydrogen-bond acceptors (Lipinski definition) is 4. The Kier molecular flexibility index (Phi) is 6.48. The van der Waals surface area contributed by atoms with Gasteiger partial charge < -0.3 is 25.2 Å². The molecule has 0 fully saturated rings. The minimum absolute atomic E-state index is 0.162. The highest BCUT2D eigenvalue weighted by Gasteiger charge is 2.09. The molecule has 7 nitrogen and oxygen atoms in total. The topological polar surface area (TPSA) is 96.9 Å². The number of nitrogens with one attached hydrogen (secondary N) is 2. The van der Waals surface area contributed by atoms with Gasteiger partial charge in [0.15, 0.2) is 0 Å². The molecule has 2 amide bonds. The second-order valence-corrected chi connectivity index (χ2v) is 4.03. The van der Waals surface area contributed by atoms with Gasteiger partial charge in [-0.1, -0.05) is 0 Å². The molecule has 1 atom stereocenters. The smallest absolute Gasteiger partial charge is 0.335 e. The van der Waals surface area contributed by atoms with Crippen molar-refractivity contribution in [2.75, 3.05) is 32.7 Å². The average Bonchev–Trinajstić information content (AvgIpc) is 2.44. The molecule has 1 rings (SSSR count). The lowest BCUT2D eigenvalue weighted by atomic mass is 10.2. The summed E-state index contributed by atoms with van der Waals surface area (Å²) in [7, 11) is 3.09. The van der Waals surface area contributed by atoms with Crippen molar-refractivity contribution in [1.82, 2.24) is 5.32 Å². The first-order valence-electron chi connectivity index (χ1n) is 5.96. The number of carbonyl (C=O) groups excluding carboxylic acids is 1. The fourth-order valence-electron chi connectivity index (χ4n) is 1.47. The summed E-state index contributed by atoms with van der Waals surface area (Å²) >= 11 is 0. The van der Waals surface area contributed by atoms with Crippen molar-refractivity contribution in [2.24, 2.45) is 0 Å². The third-order valence-electron chi connectivity index (χ3n) is 2.57. The van der Waals surface area contributed by atoms with Gasteiger partial charge in [-0.2, -0.15) is 0 Å². The zero-order chi connectivity index (χ0) is 15.0. The molecule has 110 valence electrons. The van der Waals surface area contributed by atoms with Crippen molar-refractivity contribution in [2.45, 2.75) is 6.10 Å². The third-order valence-corrected chi connectivity index (χ3v) is 2.57. The van der Waals surface area contributed by atoms with Crippen LogP contribution in [0.2, 0.25) is 0 Å². The van der Waals surface area contributed by atoms with Crippen molar-refractivity contribution in [3.8, 4) is 0 Å². The van der Waals surface area contributed by atoms with Gasteiger partial charge in [0.05, 0.1) is 18.3 Å². The summed E-state index contributed by atoms with van der Waals surface area (Å²) in [6.45, 7) is 0.688. The number of ether oxygens (including phenoxy) is 2. The lowest BCUT2D eigenvalue weighted by Crippen LogP contribution is -2.37. The number of methoxy groups -OCH3 is 2. The quantitative estimate of drug-likeness (QED) is 0.697. The van der Waals surface area contributed by atoms with E-state index in [0.717, 1.165) is 0 Å². The number of aromatic carboxylic acids is 1. The Bertz CT molecular complexity index is 447. The zero-order valence-electron chi connectivity index (χ0n) is 11.4. The van der Waals surface area contributed by atoms with Crippen LogP contribution in [0.1, 0.15) is 10.4 Å². The first kappa shape index (κ1) is 15.9. The minimum Gasteiger partial charge on any atom is -0.478 e. The van der Waals surface area contributed by atoms with Crippen LogP contribution in [0.3, 0.4) is 0 Å². The second kappa shape index (κ2) is 8.13. The van der Waals surface area contributed by atoms with E-state index in [1.807, 2.05) is 0 Å². The van der Waals surface area contributed by atoms with Crippen LogP contribution in [0.25, 0.3) is 0 Å². The number of benzene rings is 1. The third kappa shape index (κ3) is 5.25. The summed E-state index contributed by atoms with van der Waals surface area (Å²) in [6, 6.07) is 5.48. The Morgan fingerprint density at radius 3 is 2.40 bits per heavy atom. The SMILES string of the molecule is COCC(CNC(=O)Nc1ccc(C(=O)O)cc1)OC. The molecule has 0 spiro atoms. The largest absolute Gasteiger partial charge is 0.478 e. The number of anilines is 1. The monoisotopic (exact) mass is 282 g/mol. The Balaban J connectivity index is 2.43. The first-order valence-corrected chi connectivity index (χ1v) is 5.96. The van der Waals surface area contributed by atoms with Gasteiger partial charge in [0.1, 0.15) is 0 Å². The van der Waals surface area contributed by atoms with Crippen LogP contribution in [-0.4, -0.2) is 50.6 Å². The molecule has 20 heavy (non-hydrogen) atoms. The van der Waals surface area contributed by atoms with E-state index in [1.54, 1.807) is 7.11 Å². The lowest BCUT2D eigenvalue weighted by Gasteiger charge is -2.15. The Morgan fingerprint density at radius 2 is 1.90 bits per heavy atom. The molecule has 1 unspecified atom stereocenters. The van der Waals surface area contributed by atoms with Crippen LogP contribution in [-0.2, 0) is 9.47 Å². The van der Waals surface area contributed by atoms with E-state index in [4.69, 9.17) is 14.6 Å².